The van der Waals surface area contributed by atoms with Crippen molar-refractivity contribution < 1.29 is 13.7 Å². The molecule has 180 valence electrons. The van der Waals surface area contributed by atoms with E-state index in [0.29, 0.717) is 30.5 Å². The molecule has 0 aromatic heterocycles. The fourth-order valence-corrected chi connectivity index (χ4v) is 13.1. The Morgan fingerprint density at radius 2 is 1.48 bits per heavy atom. The van der Waals surface area contributed by atoms with Crippen LogP contribution >= 0.6 is 0 Å². The molecule has 0 saturated carbocycles. The van der Waals surface area contributed by atoms with Crippen molar-refractivity contribution >= 4 is 28.4 Å². The number of carbonyl (C=O) groups is 2. The van der Waals surface area contributed by atoms with Crippen LogP contribution in [-0.4, -0.2) is 34.1 Å². The highest BCUT2D eigenvalue weighted by molar-refractivity contribution is 6.85. The maximum Gasteiger partial charge on any atom is 0.251 e. The van der Waals surface area contributed by atoms with Gasteiger partial charge in [0.15, 0.2) is 16.6 Å². The van der Waals surface area contributed by atoms with E-state index in [1.165, 1.54) is 0 Å². The molecule has 0 unspecified atom stereocenters. The zero-order chi connectivity index (χ0) is 24.5. The Balaban J connectivity index is 2.15. The van der Waals surface area contributed by atoms with E-state index >= 15 is 0 Å². The summed E-state index contributed by atoms with van der Waals surface area (Å²) >= 11 is 0. The highest BCUT2D eigenvalue weighted by atomic mass is 28.4. The predicted molar refractivity (Wildman–Crippen MR) is 141 cm³/mol. The third-order valence-electron chi connectivity index (χ3n) is 5.51. The summed E-state index contributed by atoms with van der Waals surface area (Å²) in [5.41, 5.74) is 1.66. The van der Waals surface area contributed by atoms with Gasteiger partial charge in [0, 0.05) is 24.2 Å². The molecule has 0 saturated heterocycles. The lowest BCUT2D eigenvalue weighted by molar-refractivity contribution is -0.120. The van der Waals surface area contributed by atoms with Crippen LogP contribution in [0.4, 0.5) is 0 Å². The van der Waals surface area contributed by atoms with Gasteiger partial charge in [0.25, 0.3) is 5.91 Å². The fraction of sp³-hybridized carbons (Fsp3) is 0.462. The van der Waals surface area contributed by atoms with Gasteiger partial charge in [-0.25, -0.2) is 0 Å². The number of hydrogen-bond donors (Lipinski definition) is 2. The van der Waals surface area contributed by atoms with Crippen LogP contribution in [0.5, 0.6) is 0 Å². The van der Waals surface area contributed by atoms with Crippen LogP contribution in [0.2, 0.25) is 32.2 Å². The van der Waals surface area contributed by atoms with Gasteiger partial charge in [0.05, 0.1) is 0 Å². The third-order valence-corrected chi connectivity index (χ3v) is 12.9. The molecule has 2 N–H and O–H groups in total. The minimum atomic E-state index is -2.47. The molecule has 2 aromatic carbocycles. The van der Waals surface area contributed by atoms with E-state index in [1.807, 2.05) is 60.7 Å². The van der Waals surface area contributed by atoms with Crippen molar-refractivity contribution in [1.82, 2.24) is 10.6 Å². The average molecular weight is 485 g/mol. The topological polar surface area (TPSA) is 67.4 Å². The van der Waals surface area contributed by atoms with E-state index < -0.39 is 16.6 Å². The van der Waals surface area contributed by atoms with Crippen LogP contribution in [-0.2, 0) is 15.5 Å². The van der Waals surface area contributed by atoms with Gasteiger partial charge >= 0.3 is 0 Å². The number of carbonyl (C=O) groups excluding carboxylic acids is 2. The molecule has 0 radical (unpaired) electrons. The lowest BCUT2D eigenvalue weighted by Crippen LogP contribution is -2.60. The molecule has 0 fully saturated rings. The van der Waals surface area contributed by atoms with Gasteiger partial charge < -0.3 is 14.7 Å². The van der Waals surface area contributed by atoms with Crippen molar-refractivity contribution in [2.45, 2.75) is 71.1 Å². The molecule has 0 spiro atoms. The zero-order valence-corrected chi connectivity index (χ0v) is 23.0. The van der Waals surface area contributed by atoms with Crippen molar-refractivity contribution in [2.24, 2.45) is 5.92 Å². The Bertz CT molecular complexity index is 885. The van der Waals surface area contributed by atoms with Gasteiger partial charge in [-0.3, -0.25) is 9.59 Å². The Hall–Kier alpha value is -2.23. The molecule has 2 atom stereocenters. The average Bonchev–Trinajstić information content (AvgIpc) is 2.75. The molecule has 5 nitrogen and oxygen atoms in total. The number of benzene rings is 2. The SMILES string of the molecule is CC(C)C[C@H](NC(=O)c1ccccc1)[Si@](C)(CCC(=O)NCc1ccccc1)O[Si](C)(C)C. The number of nitrogens with one attached hydrogen (secondary N) is 2. The van der Waals surface area contributed by atoms with Crippen LogP contribution in [0.1, 0.15) is 42.6 Å². The predicted octanol–water partition coefficient (Wildman–Crippen LogP) is 5.50. The van der Waals surface area contributed by atoms with Crippen LogP contribution in [0.15, 0.2) is 60.7 Å². The zero-order valence-electron chi connectivity index (χ0n) is 21.0. The minimum Gasteiger partial charge on any atom is -0.454 e. The second kappa shape index (κ2) is 12.3. The molecule has 0 bridgehead atoms. The maximum absolute atomic E-state index is 13.0. The van der Waals surface area contributed by atoms with Crippen LogP contribution in [0.25, 0.3) is 0 Å². The Morgan fingerprint density at radius 3 is 2.03 bits per heavy atom. The quantitative estimate of drug-likeness (QED) is 0.391. The number of amides is 2. The van der Waals surface area contributed by atoms with Gasteiger partial charge in [0.1, 0.15) is 0 Å². The van der Waals surface area contributed by atoms with Crippen molar-refractivity contribution in [3.63, 3.8) is 0 Å². The summed E-state index contributed by atoms with van der Waals surface area (Å²) in [6.07, 6.45) is 1.23. The summed E-state index contributed by atoms with van der Waals surface area (Å²) in [6, 6.07) is 19.9. The van der Waals surface area contributed by atoms with Gasteiger partial charge in [0.2, 0.25) is 5.91 Å². The summed E-state index contributed by atoms with van der Waals surface area (Å²) in [4.78, 5) is 25.7. The lowest BCUT2D eigenvalue weighted by atomic mass is 10.1. The molecule has 0 aliphatic rings. The molecule has 7 heteroatoms. The van der Waals surface area contributed by atoms with Gasteiger partial charge in [-0.1, -0.05) is 62.4 Å². The first kappa shape index (κ1) is 27.0. The van der Waals surface area contributed by atoms with Crippen molar-refractivity contribution in [2.75, 3.05) is 0 Å². The first-order chi connectivity index (χ1) is 15.5. The van der Waals surface area contributed by atoms with Crippen LogP contribution < -0.4 is 10.6 Å². The molecule has 0 aliphatic heterocycles. The van der Waals surface area contributed by atoms with Gasteiger partial charge in [-0.05, 0) is 62.3 Å². The normalized spacial score (nSPS) is 14.4. The van der Waals surface area contributed by atoms with E-state index in [9.17, 15) is 9.59 Å². The second-order valence-electron chi connectivity index (χ2n) is 10.3. The largest absolute Gasteiger partial charge is 0.454 e. The number of hydrogen-bond acceptors (Lipinski definition) is 3. The van der Waals surface area contributed by atoms with Crippen molar-refractivity contribution in [1.29, 1.82) is 0 Å². The summed E-state index contributed by atoms with van der Waals surface area (Å²) < 4.78 is 6.82. The monoisotopic (exact) mass is 484 g/mol. The summed E-state index contributed by atoms with van der Waals surface area (Å²) in [5, 5.41) is 6.33. The molecule has 2 aromatic rings. The molecule has 33 heavy (non-hydrogen) atoms. The van der Waals surface area contributed by atoms with E-state index in [4.69, 9.17) is 4.12 Å². The molecular formula is C26H40N2O3Si2. The van der Waals surface area contributed by atoms with Gasteiger partial charge in [-0.2, -0.15) is 0 Å². The first-order valence-electron chi connectivity index (χ1n) is 11.9. The summed E-state index contributed by atoms with van der Waals surface area (Å²) in [6.45, 7) is 13.6. The molecule has 2 rings (SSSR count). The lowest BCUT2D eigenvalue weighted by Gasteiger charge is -2.41. The van der Waals surface area contributed by atoms with E-state index in [2.05, 4.69) is 50.7 Å². The van der Waals surface area contributed by atoms with Gasteiger partial charge in [-0.15, -0.1) is 0 Å². The minimum absolute atomic E-state index is 0.0226. The molecule has 2 amide bonds. The van der Waals surface area contributed by atoms with Crippen molar-refractivity contribution in [3.8, 4) is 0 Å². The first-order valence-corrected chi connectivity index (χ1v) is 18.0. The highest BCUT2D eigenvalue weighted by Gasteiger charge is 2.43. The number of rotatable bonds is 12. The van der Waals surface area contributed by atoms with Crippen LogP contribution in [0, 0.1) is 5.92 Å². The van der Waals surface area contributed by atoms with Crippen LogP contribution in [0.3, 0.4) is 0 Å². The van der Waals surface area contributed by atoms with E-state index in [0.717, 1.165) is 12.0 Å². The standard InChI is InChI=1S/C26H40N2O3Si2/c1-21(2)19-25(28-26(30)23-15-11-8-12-16-23)33(6,31-32(3,4)5)18-17-24(29)27-20-22-13-9-7-10-14-22/h7-16,21,25H,17-20H2,1-6H3,(H,27,29)(H,28,30)/t25-,33+/m1/s1. The third kappa shape index (κ3) is 9.65. The second-order valence-corrected chi connectivity index (χ2v) is 19.2. The van der Waals surface area contributed by atoms with Crippen molar-refractivity contribution in [3.05, 3.63) is 71.8 Å². The van der Waals surface area contributed by atoms with E-state index in [1.54, 1.807) is 0 Å². The highest BCUT2D eigenvalue weighted by Crippen LogP contribution is 2.27. The molecule has 0 heterocycles. The molecular weight excluding hydrogens is 444 g/mol. The summed E-state index contributed by atoms with van der Waals surface area (Å²) in [7, 11) is -4.38. The Morgan fingerprint density at radius 1 is 0.909 bits per heavy atom. The van der Waals surface area contributed by atoms with E-state index in [-0.39, 0.29) is 17.5 Å². The Kier molecular flexibility index (Phi) is 10.1. The molecule has 0 aliphatic carbocycles. The Labute approximate surface area is 201 Å². The smallest absolute Gasteiger partial charge is 0.251 e. The maximum atomic E-state index is 13.0. The fourth-order valence-electron chi connectivity index (χ4n) is 4.01. The summed E-state index contributed by atoms with van der Waals surface area (Å²) in [5.74, 6) is 0.345.